The smallest absolute Gasteiger partial charge is 0.341 e. The highest BCUT2D eigenvalue weighted by Crippen LogP contribution is 2.24. The maximum Gasteiger partial charge on any atom is 0.341 e. The molecule has 0 spiro atoms. The van der Waals surface area contributed by atoms with Gasteiger partial charge in [0.25, 0.3) is 5.90 Å². The van der Waals surface area contributed by atoms with E-state index in [1.807, 2.05) is 0 Å². The third-order valence-electron chi connectivity index (χ3n) is 3.84. The van der Waals surface area contributed by atoms with Crippen LogP contribution in [0.25, 0.3) is 11.6 Å². The summed E-state index contributed by atoms with van der Waals surface area (Å²) in [6.45, 7) is 0.0362. The van der Waals surface area contributed by atoms with Crippen molar-refractivity contribution in [2.45, 2.75) is 6.61 Å². The third kappa shape index (κ3) is 6.35. The molecule has 0 atom stereocenters. The van der Waals surface area contributed by atoms with Crippen molar-refractivity contribution >= 4 is 35.1 Å². The zero-order chi connectivity index (χ0) is 21.9. The number of oxime groups is 1. The summed E-state index contributed by atoms with van der Waals surface area (Å²) in [6, 6.07) is 13.0. The maximum atomic E-state index is 13.2. The number of methoxy groups -OCH3 is 3. The van der Waals surface area contributed by atoms with Gasteiger partial charge in [-0.25, -0.2) is 9.18 Å². The summed E-state index contributed by atoms with van der Waals surface area (Å²) in [5, 5.41) is 4.00. The molecule has 0 heterocycles. The van der Waals surface area contributed by atoms with Gasteiger partial charge in [0.2, 0.25) is 0 Å². The third-order valence-corrected chi connectivity index (χ3v) is 4.11. The lowest BCUT2D eigenvalue weighted by Gasteiger charge is -2.10. The van der Waals surface area contributed by atoms with Crippen molar-refractivity contribution in [2.75, 3.05) is 21.3 Å². The van der Waals surface area contributed by atoms with Gasteiger partial charge in [-0.2, -0.15) is 0 Å². The second kappa shape index (κ2) is 11.6. The number of nitrogens with zero attached hydrogens (tertiary/aromatic N) is 1. The molecule has 0 unspecified atom stereocenters. The lowest BCUT2D eigenvalue weighted by molar-refractivity contribution is -0.133. The number of halogens is 2. The Balaban J connectivity index is 2.28. The monoisotopic (exact) mass is 433 g/mol. The van der Waals surface area contributed by atoms with Crippen LogP contribution in [-0.4, -0.2) is 33.2 Å². The molecule has 2 aromatic carbocycles. The molecule has 8 heteroatoms. The highest BCUT2D eigenvalue weighted by molar-refractivity contribution is 6.44. The molecule has 0 amide bonds. The van der Waals surface area contributed by atoms with Crippen LogP contribution < -0.4 is 0 Å². The van der Waals surface area contributed by atoms with Crippen molar-refractivity contribution < 1.29 is 28.2 Å². The van der Waals surface area contributed by atoms with Crippen LogP contribution in [0.5, 0.6) is 0 Å². The molecule has 2 aromatic rings. The quantitative estimate of drug-likeness (QED) is 0.150. The van der Waals surface area contributed by atoms with Gasteiger partial charge in [0.1, 0.15) is 23.0 Å². The lowest BCUT2D eigenvalue weighted by Crippen LogP contribution is -2.07. The van der Waals surface area contributed by atoms with Gasteiger partial charge >= 0.3 is 5.97 Å². The van der Waals surface area contributed by atoms with Crippen molar-refractivity contribution in [1.82, 2.24) is 0 Å². The van der Waals surface area contributed by atoms with Gasteiger partial charge in [0, 0.05) is 0 Å². The predicted octanol–water partition coefficient (Wildman–Crippen LogP) is 4.74. The molecular weight excluding hydrogens is 413 g/mol. The summed E-state index contributed by atoms with van der Waals surface area (Å²) < 4.78 is 28.2. The Bertz CT molecular complexity index is 972. The van der Waals surface area contributed by atoms with Gasteiger partial charge < -0.3 is 19.0 Å². The second-order valence-corrected chi connectivity index (χ2v) is 6.25. The van der Waals surface area contributed by atoms with Gasteiger partial charge in [-0.15, -0.1) is 0 Å². The normalized spacial score (nSPS) is 12.4. The van der Waals surface area contributed by atoms with Crippen LogP contribution in [-0.2, 0) is 30.4 Å². The van der Waals surface area contributed by atoms with Crippen molar-refractivity contribution in [2.24, 2.45) is 5.16 Å². The minimum atomic E-state index is -0.562. The van der Waals surface area contributed by atoms with E-state index >= 15 is 0 Å². The first-order valence-corrected chi connectivity index (χ1v) is 9.14. The molecule has 0 aliphatic rings. The first-order chi connectivity index (χ1) is 14.5. The molecule has 6 nitrogen and oxygen atoms in total. The molecule has 0 bridgehead atoms. The molecular formula is C22H21ClFNO5. The Hall–Kier alpha value is -3.32. The molecule has 30 heavy (non-hydrogen) atoms. The fourth-order valence-corrected chi connectivity index (χ4v) is 2.72. The number of carbonyl (C=O) groups is 1. The van der Waals surface area contributed by atoms with E-state index in [0.29, 0.717) is 16.7 Å². The van der Waals surface area contributed by atoms with Crippen molar-refractivity contribution in [3.8, 4) is 0 Å². The maximum absolute atomic E-state index is 13.2. The van der Waals surface area contributed by atoms with Gasteiger partial charge in [-0.05, 0) is 40.1 Å². The number of hydrogen-bond acceptors (Lipinski definition) is 6. The Kier molecular flexibility index (Phi) is 8.90. The van der Waals surface area contributed by atoms with E-state index < -0.39 is 5.97 Å². The van der Waals surface area contributed by atoms with Crippen molar-refractivity contribution in [1.29, 1.82) is 0 Å². The largest absolute Gasteiger partial charge is 0.503 e. The summed E-state index contributed by atoms with van der Waals surface area (Å²) in [5.74, 6) is -0.918. The molecule has 0 saturated heterocycles. The number of carbonyl (C=O) groups excluding carboxylic acids is 1. The predicted molar refractivity (Wildman–Crippen MR) is 113 cm³/mol. The van der Waals surface area contributed by atoms with E-state index in [1.165, 1.54) is 39.7 Å². The topological polar surface area (TPSA) is 66.4 Å². The fraction of sp³-hybridized carbons (Fsp3) is 0.182. The average molecular weight is 434 g/mol. The lowest BCUT2D eigenvalue weighted by atomic mass is 10.00. The molecule has 0 aliphatic heterocycles. The Labute approximate surface area is 179 Å². The average Bonchev–Trinajstić information content (AvgIpc) is 2.75. The summed E-state index contributed by atoms with van der Waals surface area (Å²) >= 11 is 6.35. The molecule has 0 N–H and O–H groups in total. The van der Waals surface area contributed by atoms with Crippen molar-refractivity contribution in [3.63, 3.8) is 0 Å². The number of hydrogen-bond donors (Lipinski definition) is 0. The van der Waals surface area contributed by atoms with Gasteiger partial charge in [-0.1, -0.05) is 48.0 Å². The fourth-order valence-electron chi connectivity index (χ4n) is 2.49. The summed E-state index contributed by atoms with van der Waals surface area (Å²) in [6.07, 6.45) is 2.86. The van der Waals surface area contributed by atoms with Crippen LogP contribution in [0.1, 0.15) is 16.7 Å². The Morgan fingerprint density at radius 1 is 1.10 bits per heavy atom. The molecule has 0 aromatic heterocycles. The van der Waals surface area contributed by atoms with Crippen LogP contribution in [0.2, 0.25) is 0 Å². The van der Waals surface area contributed by atoms with Crippen LogP contribution >= 0.6 is 11.6 Å². The van der Waals surface area contributed by atoms with E-state index in [2.05, 4.69) is 5.16 Å². The Morgan fingerprint density at radius 3 is 2.53 bits per heavy atom. The standard InChI is InChI=1S/C22H21ClFNO5/c1-27-14-19(22(26)29-3)18-10-5-4-8-16(18)12-20(23)21(28-2)25-30-13-15-7-6-9-17(24)11-15/h4-12,14H,13H2,1-3H3. The van der Waals surface area contributed by atoms with Gasteiger partial charge in [0.05, 0.1) is 27.6 Å². The zero-order valence-corrected chi connectivity index (χ0v) is 17.5. The molecule has 0 radical (unpaired) electrons. The van der Waals surface area contributed by atoms with Gasteiger partial charge in [-0.3, -0.25) is 0 Å². The minimum absolute atomic E-state index is 0.0122. The minimum Gasteiger partial charge on any atom is -0.503 e. The number of benzene rings is 2. The summed E-state index contributed by atoms with van der Waals surface area (Å²) in [4.78, 5) is 17.3. The van der Waals surface area contributed by atoms with Crippen molar-refractivity contribution in [3.05, 3.63) is 82.3 Å². The molecule has 2 rings (SSSR count). The number of rotatable bonds is 8. The molecule has 0 aliphatic carbocycles. The van der Waals surface area contributed by atoms with E-state index in [4.69, 9.17) is 30.6 Å². The van der Waals surface area contributed by atoms with E-state index in [-0.39, 0.29) is 28.9 Å². The Morgan fingerprint density at radius 2 is 1.87 bits per heavy atom. The highest BCUT2D eigenvalue weighted by atomic mass is 35.5. The van der Waals surface area contributed by atoms with Crippen LogP contribution in [0.3, 0.4) is 0 Å². The zero-order valence-electron chi connectivity index (χ0n) is 16.7. The first-order valence-electron chi connectivity index (χ1n) is 8.76. The van der Waals surface area contributed by atoms with Crippen LogP contribution in [0.4, 0.5) is 4.39 Å². The summed E-state index contributed by atoms with van der Waals surface area (Å²) in [5.41, 5.74) is 1.97. The van der Waals surface area contributed by atoms with E-state index in [9.17, 15) is 9.18 Å². The second-order valence-electron chi connectivity index (χ2n) is 5.84. The highest BCUT2D eigenvalue weighted by Gasteiger charge is 2.17. The van der Waals surface area contributed by atoms with Gasteiger partial charge in [0.15, 0.2) is 0 Å². The van der Waals surface area contributed by atoms with E-state index in [1.54, 1.807) is 42.5 Å². The molecule has 158 valence electrons. The SMILES string of the molecule is COC=C(C(=O)OC)c1ccccc1C=C(Cl)C(=NOCc1cccc(F)c1)OC. The summed E-state index contributed by atoms with van der Waals surface area (Å²) in [7, 11) is 4.10. The van der Waals surface area contributed by atoms with Crippen LogP contribution in [0.15, 0.2) is 65.0 Å². The number of esters is 1. The van der Waals surface area contributed by atoms with Crippen LogP contribution in [0, 0.1) is 5.82 Å². The molecule has 0 saturated carbocycles. The van der Waals surface area contributed by atoms with E-state index in [0.717, 1.165) is 0 Å². The number of ether oxygens (including phenoxy) is 3. The molecule has 0 fully saturated rings. The first kappa shape index (κ1) is 23.0.